The summed E-state index contributed by atoms with van der Waals surface area (Å²) >= 11 is 5.86. The van der Waals surface area contributed by atoms with Crippen molar-refractivity contribution in [2.24, 2.45) is 0 Å². The molecule has 27 heavy (non-hydrogen) atoms. The molecule has 1 amide bonds. The van der Waals surface area contributed by atoms with Gasteiger partial charge < -0.3 is 5.32 Å². The number of hydrogen-bond donors (Lipinski definition) is 1. The summed E-state index contributed by atoms with van der Waals surface area (Å²) in [6.07, 6.45) is 2.58. The molecule has 0 aliphatic carbocycles. The van der Waals surface area contributed by atoms with E-state index < -0.39 is 0 Å². The Morgan fingerprint density at radius 2 is 2.00 bits per heavy atom. The third kappa shape index (κ3) is 5.15. The predicted molar refractivity (Wildman–Crippen MR) is 107 cm³/mol. The SMILES string of the molecule is CCCN(CC(=O)Nc1ccc(Cl)cc1)Cc1cc(=O)n2ccccc2n1. The van der Waals surface area contributed by atoms with E-state index in [9.17, 15) is 9.59 Å². The van der Waals surface area contributed by atoms with Gasteiger partial charge in [-0.2, -0.15) is 0 Å². The minimum Gasteiger partial charge on any atom is -0.325 e. The van der Waals surface area contributed by atoms with Crippen LogP contribution in [0.3, 0.4) is 0 Å². The van der Waals surface area contributed by atoms with Crippen molar-refractivity contribution in [3.8, 4) is 0 Å². The first-order chi connectivity index (χ1) is 13.0. The Morgan fingerprint density at radius 3 is 2.74 bits per heavy atom. The quantitative estimate of drug-likeness (QED) is 0.679. The van der Waals surface area contributed by atoms with Gasteiger partial charge in [0.2, 0.25) is 5.91 Å². The van der Waals surface area contributed by atoms with Crippen molar-refractivity contribution < 1.29 is 4.79 Å². The van der Waals surface area contributed by atoms with Gasteiger partial charge in [0.15, 0.2) is 0 Å². The number of carbonyl (C=O) groups excluding carboxylic acids is 1. The fraction of sp³-hybridized carbons (Fsp3) is 0.250. The molecule has 0 bridgehead atoms. The second-order valence-electron chi connectivity index (χ2n) is 6.28. The zero-order valence-corrected chi connectivity index (χ0v) is 15.8. The van der Waals surface area contributed by atoms with E-state index in [0.717, 1.165) is 13.0 Å². The van der Waals surface area contributed by atoms with Crippen molar-refractivity contribution in [1.29, 1.82) is 0 Å². The molecule has 0 aliphatic heterocycles. The fourth-order valence-corrected chi connectivity index (χ4v) is 3.01. The zero-order valence-electron chi connectivity index (χ0n) is 15.1. The molecular weight excluding hydrogens is 364 g/mol. The van der Waals surface area contributed by atoms with Gasteiger partial charge in [0.25, 0.3) is 5.56 Å². The number of nitrogens with zero attached hydrogens (tertiary/aromatic N) is 3. The van der Waals surface area contributed by atoms with E-state index in [0.29, 0.717) is 28.6 Å². The van der Waals surface area contributed by atoms with Crippen LogP contribution in [0.25, 0.3) is 5.65 Å². The van der Waals surface area contributed by atoms with Crippen molar-refractivity contribution in [2.45, 2.75) is 19.9 Å². The van der Waals surface area contributed by atoms with Crippen molar-refractivity contribution in [3.05, 3.63) is 75.8 Å². The second kappa shape index (κ2) is 8.79. The Kier molecular flexibility index (Phi) is 6.21. The number of rotatable bonds is 7. The van der Waals surface area contributed by atoms with Crippen LogP contribution in [0.2, 0.25) is 5.02 Å². The van der Waals surface area contributed by atoms with Crippen LogP contribution in [0.5, 0.6) is 0 Å². The summed E-state index contributed by atoms with van der Waals surface area (Å²) in [4.78, 5) is 31.1. The Balaban J connectivity index is 1.71. The van der Waals surface area contributed by atoms with E-state index in [4.69, 9.17) is 11.6 Å². The summed E-state index contributed by atoms with van der Waals surface area (Å²) in [5.74, 6) is -0.122. The Hall–Kier alpha value is -2.70. The van der Waals surface area contributed by atoms with E-state index in [2.05, 4.69) is 10.3 Å². The van der Waals surface area contributed by atoms with Crippen LogP contribution in [0, 0.1) is 0 Å². The van der Waals surface area contributed by atoms with Gasteiger partial charge in [0.05, 0.1) is 12.2 Å². The highest BCUT2D eigenvalue weighted by Gasteiger charge is 2.13. The highest BCUT2D eigenvalue weighted by atomic mass is 35.5. The maximum absolute atomic E-state index is 12.4. The highest BCUT2D eigenvalue weighted by molar-refractivity contribution is 6.30. The van der Waals surface area contributed by atoms with E-state index in [1.54, 1.807) is 42.6 Å². The van der Waals surface area contributed by atoms with Gasteiger partial charge in [-0.05, 0) is 49.4 Å². The third-order valence-corrected chi connectivity index (χ3v) is 4.30. The van der Waals surface area contributed by atoms with Crippen LogP contribution in [0.1, 0.15) is 19.0 Å². The van der Waals surface area contributed by atoms with Crippen molar-refractivity contribution in [2.75, 3.05) is 18.4 Å². The molecule has 2 aromatic heterocycles. The van der Waals surface area contributed by atoms with Crippen LogP contribution in [0.4, 0.5) is 5.69 Å². The molecular formula is C20H21ClN4O2. The lowest BCUT2D eigenvalue weighted by molar-refractivity contribution is -0.117. The minimum atomic E-state index is -0.127. The van der Waals surface area contributed by atoms with E-state index in [1.165, 1.54) is 10.5 Å². The summed E-state index contributed by atoms with van der Waals surface area (Å²) in [6.45, 7) is 3.42. The van der Waals surface area contributed by atoms with Crippen molar-refractivity contribution in [3.63, 3.8) is 0 Å². The Morgan fingerprint density at radius 1 is 1.22 bits per heavy atom. The lowest BCUT2D eigenvalue weighted by atomic mass is 10.3. The minimum absolute atomic E-state index is 0.122. The van der Waals surface area contributed by atoms with Crippen molar-refractivity contribution >= 4 is 28.8 Å². The number of fused-ring (bicyclic) bond motifs is 1. The second-order valence-corrected chi connectivity index (χ2v) is 6.72. The molecule has 7 heteroatoms. The number of pyridine rings is 1. The van der Waals surface area contributed by atoms with Gasteiger partial charge in [-0.1, -0.05) is 24.6 Å². The Bertz CT molecular complexity index is 985. The summed E-state index contributed by atoms with van der Waals surface area (Å²) < 4.78 is 1.50. The average molecular weight is 385 g/mol. The maximum Gasteiger partial charge on any atom is 0.258 e. The Labute approximate surface area is 162 Å². The topological polar surface area (TPSA) is 66.7 Å². The number of anilines is 1. The molecule has 0 radical (unpaired) electrons. The van der Waals surface area contributed by atoms with Gasteiger partial charge in [0.1, 0.15) is 5.65 Å². The number of benzene rings is 1. The molecule has 140 valence electrons. The molecule has 0 unspecified atom stereocenters. The van der Waals surface area contributed by atoms with Gasteiger partial charge >= 0.3 is 0 Å². The zero-order chi connectivity index (χ0) is 19.2. The van der Waals surface area contributed by atoms with Gasteiger partial charge in [-0.15, -0.1) is 0 Å². The van der Waals surface area contributed by atoms with Gasteiger partial charge in [0, 0.05) is 29.5 Å². The van der Waals surface area contributed by atoms with Gasteiger partial charge in [-0.25, -0.2) is 4.98 Å². The van der Waals surface area contributed by atoms with Crippen LogP contribution < -0.4 is 10.9 Å². The molecule has 0 aliphatic rings. The first-order valence-corrected chi connectivity index (χ1v) is 9.18. The largest absolute Gasteiger partial charge is 0.325 e. The lowest BCUT2D eigenvalue weighted by Crippen LogP contribution is -2.34. The van der Waals surface area contributed by atoms with Crippen LogP contribution >= 0.6 is 11.6 Å². The summed E-state index contributed by atoms with van der Waals surface area (Å²) in [7, 11) is 0. The van der Waals surface area contributed by atoms with Crippen LogP contribution in [-0.2, 0) is 11.3 Å². The molecule has 0 fully saturated rings. The third-order valence-electron chi connectivity index (χ3n) is 4.04. The number of nitrogens with one attached hydrogen (secondary N) is 1. The maximum atomic E-state index is 12.4. The van der Waals surface area contributed by atoms with Crippen molar-refractivity contribution in [1.82, 2.24) is 14.3 Å². The summed E-state index contributed by atoms with van der Waals surface area (Å²) in [5, 5.41) is 3.48. The summed E-state index contributed by atoms with van der Waals surface area (Å²) in [6, 6.07) is 13.9. The number of amides is 1. The molecule has 1 N–H and O–H groups in total. The normalized spacial score (nSPS) is 11.1. The molecule has 3 aromatic rings. The highest BCUT2D eigenvalue weighted by Crippen LogP contribution is 2.13. The number of carbonyl (C=O) groups is 1. The average Bonchev–Trinajstić information content (AvgIpc) is 2.64. The molecule has 1 aromatic carbocycles. The number of hydrogen-bond acceptors (Lipinski definition) is 4. The molecule has 0 atom stereocenters. The molecule has 3 rings (SSSR count). The molecule has 6 nitrogen and oxygen atoms in total. The molecule has 0 saturated heterocycles. The first-order valence-electron chi connectivity index (χ1n) is 8.80. The standard InChI is InChI=1S/C20H21ClN4O2/c1-2-10-24(14-19(26)23-16-8-6-15(21)7-9-16)13-17-12-20(27)25-11-4-3-5-18(25)22-17/h3-9,11-12H,2,10,13-14H2,1H3,(H,23,26). The van der Waals surface area contributed by atoms with Crippen LogP contribution in [-0.4, -0.2) is 33.3 Å². The predicted octanol–water partition coefficient (Wildman–Crippen LogP) is 3.20. The lowest BCUT2D eigenvalue weighted by Gasteiger charge is -2.21. The molecule has 2 heterocycles. The molecule has 0 spiro atoms. The van der Waals surface area contributed by atoms with Gasteiger partial charge in [-0.3, -0.25) is 18.9 Å². The smallest absolute Gasteiger partial charge is 0.258 e. The fourth-order valence-electron chi connectivity index (χ4n) is 2.88. The first kappa shape index (κ1) is 19.1. The van der Waals surface area contributed by atoms with E-state index >= 15 is 0 Å². The van der Waals surface area contributed by atoms with Crippen LogP contribution in [0.15, 0.2) is 59.5 Å². The number of halogens is 1. The van der Waals surface area contributed by atoms with E-state index in [1.807, 2.05) is 17.9 Å². The summed E-state index contributed by atoms with van der Waals surface area (Å²) in [5.41, 5.74) is 1.82. The molecule has 0 saturated carbocycles. The monoisotopic (exact) mass is 384 g/mol. The van der Waals surface area contributed by atoms with E-state index in [-0.39, 0.29) is 18.0 Å². The number of aromatic nitrogens is 2.